The standard InChI is InChI=1S/C24H26N2O3/c1-13-8-17(27)6-7-18(13)23-15(3)26-14(2)9-16-10-21(28-4)22(29-5)11-19(16)24(26)20(23)12-25/h6-8,10-11,14,20-21,27H,9H2,1-5H3. The van der Waals surface area contributed by atoms with E-state index in [1.807, 2.05) is 19.1 Å². The zero-order valence-corrected chi connectivity index (χ0v) is 17.5. The van der Waals surface area contributed by atoms with Gasteiger partial charge in [0.2, 0.25) is 0 Å². The Hall–Kier alpha value is -2.97. The van der Waals surface area contributed by atoms with Crippen LogP contribution < -0.4 is 0 Å². The van der Waals surface area contributed by atoms with E-state index >= 15 is 0 Å². The normalized spacial score (nSPS) is 25.9. The number of phenols is 1. The Labute approximate surface area is 171 Å². The average Bonchev–Trinajstić information content (AvgIpc) is 3.00. The zero-order valence-electron chi connectivity index (χ0n) is 17.5. The minimum absolute atomic E-state index is 0.201. The summed E-state index contributed by atoms with van der Waals surface area (Å²) in [7, 11) is 3.33. The molecule has 0 spiro atoms. The fourth-order valence-electron chi connectivity index (χ4n) is 4.93. The number of allylic oxidation sites excluding steroid dienone is 4. The van der Waals surface area contributed by atoms with Crippen LogP contribution >= 0.6 is 0 Å². The highest BCUT2D eigenvalue weighted by Gasteiger charge is 2.43. The first-order valence-electron chi connectivity index (χ1n) is 9.84. The fraction of sp³-hybridized carbons (Fsp3) is 0.375. The van der Waals surface area contributed by atoms with Gasteiger partial charge in [0, 0.05) is 35.7 Å². The van der Waals surface area contributed by atoms with Crippen LogP contribution in [0.1, 0.15) is 31.4 Å². The SMILES string of the molecule is COC1=CC2=C3C(C#N)C(c4ccc(O)cc4C)=C(C)N3C(C)CC2=CC1OC. The van der Waals surface area contributed by atoms with E-state index in [1.54, 1.807) is 26.4 Å². The molecule has 0 bridgehead atoms. The predicted molar refractivity (Wildman–Crippen MR) is 111 cm³/mol. The molecule has 29 heavy (non-hydrogen) atoms. The van der Waals surface area contributed by atoms with E-state index in [2.05, 4.69) is 30.9 Å². The summed E-state index contributed by atoms with van der Waals surface area (Å²) in [4.78, 5) is 2.30. The molecule has 0 aromatic heterocycles. The van der Waals surface area contributed by atoms with Crippen molar-refractivity contribution in [3.63, 3.8) is 0 Å². The van der Waals surface area contributed by atoms with Gasteiger partial charge in [-0.2, -0.15) is 5.26 Å². The van der Waals surface area contributed by atoms with Crippen LogP contribution in [0.25, 0.3) is 5.57 Å². The van der Waals surface area contributed by atoms with E-state index in [4.69, 9.17) is 9.47 Å². The zero-order chi connectivity index (χ0) is 20.9. The minimum atomic E-state index is -0.382. The van der Waals surface area contributed by atoms with Crippen molar-refractivity contribution in [2.45, 2.75) is 39.3 Å². The first kappa shape index (κ1) is 19.4. The number of phenolic OH excluding ortho intramolecular Hbond substituents is 1. The van der Waals surface area contributed by atoms with Crippen LogP contribution in [0, 0.1) is 24.2 Å². The summed E-state index contributed by atoms with van der Waals surface area (Å²) in [5.74, 6) is 0.601. The number of rotatable bonds is 3. The molecule has 3 aliphatic rings. The minimum Gasteiger partial charge on any atom is -0.508 e. The molecule has 1 N–H and O–H groups in total. The summed E-state index contributed by atoms with van der Waals surface area (Å²) in [5.41, 5.74) is 7.36. The molecule has 2 heterocycles. The van der Waals surface area contributed by atoms with E-state index in [0.717, 1.165) is 45.8 Å². The Morgan fingerprint density at radius 1 is 1.24 bits per heavy atom. The van der Waals surface area contributed by atoms with Crippen LogP contribution in [-0.2, 0) is 9.47 Å². The molecule has 3 atom stereocenters. The molecule has 0 amide bonds. The highest BCUT2D eigenvalue weighted by Crippen LogP contribution is 2.51. The van der Waals surface area contributed by atoms with Gasteiger partial charge >= 0.3 is 0 Å². The van der Waals surface area contributed by atoms with Crippen molar-refractivity contribution in [1.29, 1.82) is 5.26 Å². The summed E-state index contributed by atoms with van der Waals surface area (Å²) in [5, 5.41) is 20.0. The highest BCUT2D eigenvalue weighted by atomic mass is 16.5. The van der Waals surface area contributed by atoms with Gasteiger partial charge in [-0.05, 0) is 68.2 Å². The first-order chi connectivity index (χ1) is 13.9. The highest BCUT2D eigenvalue weighted by molar-refractivity contribution is 5.81. The molecule has 0 saturated carbocycles. The molecular formula is C24H26N2O3. The van der Waals surface area contributed by atoms with Crippen molar-refractivity contribution < 1.29 is 14.6 Å². The number of benzene rings is 1. The lowest BCUT2D eigenvalue weighted by molar-refractivity contribution is 0.108. The van der Waals surface area contributed by atoms with Gasteiger partial charge in [-0.25, -0.2) is 0 Å². The van der Waals surface area contributed by atoms with Gasteiger partial charge in [-0.15, -0.1) is 0 Å². The molecule has 2 aliphatic heterocycles. The van der Waals surface area contributed by atoms with Crippen molar-refractivity contribution >= 4 is 5.57 Å². The second-order valence-corrected chi connectivity index (χ2v) is 7.88. The van der Waals surface area contributed by atoms with Crippen LogP contribution in [0.5, 0.6) is 5.75 Å². The van der Waals surface area contributed by atoms with Gasteiger partial charge in [0.25, 0.3) is 0 Å². The maximum absolute atomic E-state index is 10.2. The Kier molecular flexibility index (Phi) is 4.76. The lowest BCUT2D eigenvalue weighted by Gasteiger charge is -2.39. The number of ether oxygens (including phenoxy) is 2. The number of hydrogen-bond donors (Lipinski definition) is 1. The van der Waals surface area contributed by atoms with Crippen LogP contribution in [0.15, 0.2) is 58.7 Å². The van der Waals surface area contributed by atoms with Crippen molar-refractivity contribution in [3.05, 3.63) is 69.8 Å². The topological polar surface area (TPSA) is 65.7 Å². The predicted octanol–water partition coefficient (Wildman–Crippen LogP) is 4.42. The smallest absolute Gasteiger partial charge is 0.133 e. The Bertz CT molecular complexity index is 1040. The van der Waals surface area contributed by atoms with E-state index < -0.39 is 0 Å². The van der Waals surface area contributed by atoms with Gasteiger partial charge in [0.1, 0.15) is 23.5 Å². The third-order valence-corrected chi connectivity index (χ3v) is 6.19. The van der Waals surface area contributed by atoms with E-state index in [1.165, 1.54) is 5.57 Å². The van der Waals surface area contributed by atoms with Crippen molar-refractivity contribution in [2.24, 2.45) is 5.92 Å². The summed E-state index contributed by atoms with van der Waals surface area (Å²) in [6, 6.07) is 8.14. The van der Waals surface area contributed by atoms with Gasteiger partial charge < -0.3 is 19.5 Å². The third-order valence-electron chi connectivity index (χ3n) is 6.19. The number of nitrogens with zero attached hydrogens (tertiary/aromatic N) is 2. The Balaban J connectivity index is 1.93. The molecule has 0 fully saturated rings. The van der Waals surface area contributed by atoms with Crippen LogP contribution in [0.3, 0.4) is 0 Å². The molecule has 150 valence electrons. The largest absolute Gasteiger partial charge is 0.508 e. The number of methoxy groups -OCH3 is 2. The molecular weight excluding hydrogens is 364 g/mol. The van der Waals surface area contributed by atoms with E-state index in [-0.39, 0.29) is 23.8 Å². The quantitative estimate of drug-likeness (QED) is 0.828. The molecule has 1 aromatic carbocycles. The van der Waals surface area contributed by atoms with Crippen LogP contribution in [-0.4, -0.2) is 36.4 Å². The lowest BCUT2D eigenvalue weighted by atomic mass is 9.82. The monoisotopic (exact) mass is 390 g/mol. The number of aryl methyl sites for hydroxylation is 1. The molecule has 1 aliphatic carbocycles. The molecule has 0 saturated heterocycles. The number of fused-ring (bicyclic) bond motifs is 2. The summed E-state index contributed by atoms with van der Waals surface area (Å²) in [6.07, 6.45) is 4.82. The molecule has 3 unspecified atom stereocenters. The average molecular weight is 390 g/mol. The number of nitriles is 1. The van der Waals surface area contributed by atoms with Gasteiger partial charge in [0.05, 0.1) is 13.2 Å². The Morgan fingerprint density at radius 2 is 2.00 bits per heavy atom. The summed E-state index contributed by atoms with van der Waals surface area (Å²) in [6.45, 7) is 6.26. The number of hydrogen-bond acceptors (Lipinski definition) is 5. The van der Waals surface area contributed by atoms with Gasteiger partial charge in [-0.3, -0.25) is 0 Å². The molecule has 1 aromatic rings. The first-order valence-corrected chi connectivity index (χ1v) is 9.84. The molecule has 0 radical (unpaired) electrons. The maximum Gasteiger partial charge on any atom is 0.133 e. The van der Waals surface area contributed by atoms with Crippen LogP contribution in [0.2, 0.25) is 0 Å². The van der Waals surface area contributed by atoms with Crippen molar-refractivity contribution in [2.75, 3.05) is 14.2 Å². The second-order valence-electron chi connectivity index (χ2n) is 7.88. The van der Waals surface area contributed by atoms with Crippen molar-refractivity contribution in [3.8, 4) is 11.8 Å². The van der Waals surface area contributed by atoms with Crippen molar-refractivity contribution in [1.82, 2.24) is 4.90 Å². The van der Waals surface area contributed by atoms with Gasteiger partial charge in [-0.1, -0.05) is 6.07 Å². The molecule has 4 rings (SSSR count). The fourth-order valence-corrected chi connectivity index (χ4v) is 4.93. The second kappa shape index (κ2) is 7.13. The van der Waals surface area contributed by atoms with Gasteiger partial charge in [0.15, 0.2) is 0 Å². The van der Waals surface area contributed by atoms with E-state index in [0.29, 0.717) is 0 Å². The molecule has 5 heteroatoms. The summed E-state index contributed by atoms with van der Waals surface area (Å²) >= 11 is 0. The molecule has 5 nitrogen and oxygen atoms in total. The van der Waals surface area contributed by atoms with Crippen LogP contribution in [0.4, 0.5) is 0 Å². The van der Waals surface area contributed by atoms with E-state index in [9.17, 15) is 10.4 Å². The summed E-state index contributed by atoms with van der Waals surface area (Å²) < 4.78 is 11.1. The lowest BCUT2D eigenvalue weighted by Crippen LogP contribution is -2.36. The maximum atomic E-state index is 10.2. The Morgan fingerprint density at radius 3 is 2.62 bits per heavy atom. The number of aromatic hydroxyl groups is 1. The third kappa shape index (κ3) is 2.87.